The van der Waals surface area contributed by atoms with E-state index in [9.17, 15) is 14.0 Å². The summed E-state index contributed by atoms with van der Waals surface area (Å²) in [7, 11) is 0. The number of rotatable bonds is 7. The number of nitrogens with zero attached hydrogens (tertiary/aromatic N) is 4. The first-order chi connectivity index (χ1) is 15.1. The third-order valence-electron chi connectivity index (χ3n) is 5.99. The molecule has 0 aliphatic carbocycles. The normalized spacial score (nSPS) is 17.3. The van der Waals surface area contributed by atoms with Crippen molar-refractivity contribution in [3.05, 3.63) is 53.1 Å². The summed E-state index contributed by atoms with van der Waals surface area (Å²) >= 11 is 0. The Morgan fingerprint density at radius 2 is 1.81 bits per heavy atom. The first-order valence-electron chi connectivity index (χ1n) is 11.2. The summed E-state index contributed by atoms with van der Waals surface area (Å²) in [6.45, 7) is 5.48. The highest BCUT2D eigenvalue weighted by atomic mass is 19.1. The predicted molar refractivity (Wildman–Crippen MR) is 115 cm³/mol. The van der Waals surface area contributed by atoms with Gasteiger partial charge < -0.3 is 15.1 Å². The molecule has 0 radical (unpaired) electrons. The number of hydrogen-bond donors (Lipinski definition) is 1. The van der Waals surface area contributed by atoms with Crippen molar-refractivity contribution in [3.63, 3.8) is 0 Å². The van der Waals surface area contributed by atoms with Gasteiger partial charge in [0, 0.05) is 32.2 Å². The number of benzene rings is 1. The summed E-state index contributed by atoms with van der Waals surface area (Å²) in [5.74, 6) is -0.689. The number of carbonyl (C=O) groups excluding carboxylic acids is 2. The van der Waals surface area contributed by atoms with Crippen molar-refractivity contribution in [1.29, 1.82) is 0 Å². The molecule has 4 rings (SSSR count). The van der Waals surface area contributed by atoms with Crippen molar-refractivity contribution < 1.29 is 14.0 Å². The maximum atomic E-state index is 13.2. The van der Waals surface area contributed by atoms with Crippen LogP contribution in [0.4, 0.5) is 4.39 Å². The molecule has 1 aromatic carbocycles. The fraction of sp³-hybridized carbons (Fsp3) is 0.522. The molecule has 1 saturated heterocycles. The lowest BCUT2D eigenvalue weighted by molar-refractivity contribution is 0.0745. The van der Waals surface area contributed by atoms with Crippen LogP contribution in [0.25, 0.3) is 0 Å². The molecule has 31 heavy (non-hydrogen) atoms. The van der Waals surface area contributed by atoms with E-state index in [0.29, 0.717) is 31.9 Å². The summed E-state index contributed by atoms with van der Waals surface area (Å²) in [6.07, 6.45) is 5.50. The molecular weight excluding hydrogens is 397 g/mol. The van der Waals surface area contributed by atoms with Crippen LogP contribution in [0, 0.1) is 5.82 Å². The molecule has 1 fully saturated rings. The lowest BCUT2D eigenvalue weighted by Gasteiger charge is -2.26. The smallest absolute Gasteiger partial charge is 0.272 e. The van der Waals surface area contributed by atoms with E-state index in [4.69, 9.17) is 0 Å². The van der Waals surface area contributed by atoms with E-state index in [-0.39, 0.29) is 23.3 Å². The Kier molecular flexibility index (Phi) is 6.96. The number of piperidine rings is 1. The standard InChI is InChI=1S/C23H30FN5O2/c24-19-8-6-18(7-9-19)17-28-14-5-15-29-21(23(28)31)16-20(26-29)22(30)25-10-4-13-27-11-2-1-3-12-27/h6-9,16H,1-5,10-15,17H2,(H,25,30). The number of halogens is 1. The highest BCUT2D eigenvalue weighted by Gasteiger charge is 2.26. The number of carbonyl (C=O) groups is 2. The SMILES string of the molecule is O=C(NCCCN1CCCCC1)c1cc2n(n1)CCCN(Cc1ccc(F)cc1)C2=O. The number of aryl methyl sites for hydroxylation is 1. The van der Waals surface area contributed by atoms with Gasteiger partial charge in [-0.2, -0.15) is 5.10 Å². The van der Waals surface area contributed by atoms with Crippen molar-refractivity contribution >= 4 is 11.8 Å². The molecule has 166 valence electrons. The molecule has 0 bridgehead atoms. The highest BCUT2D eigenvalue weighted by Crippen LogP contribution is 2.17. The highest BCUT2D eigenvalue weighted by molar-refractivity contribution is 5.98. The van der Waals surface area contributed by atoms with Gasteiger partial charge in [-0.3, -0.25) is 14.3 Å². The van der Waals surface area contributed by atoms with Gasteiger partial charge in [-0.1, -0.05) is 18.6 Å². The topological polar surface area (TPSA) is 70.5 Å². The van der Waals surface area contributed by atoms with E-state index in [1.165, 1.54) is 31.4 Å². The Balaban J connectivity index is 1.33. The van der Waals surface area contributed by atoms with Crippen LogP contribution in [0.15, 0.2) is 30.3 Å². The van der Waals surface area contributed by atoms with Gasteiger partial charge in [-0.05, 0) is 63.0 Å². The molecule has 0 atom stereocenters. The van der Waals surface area contributed by atoms with E-state index < -0.39 is 0 Å². The molecule has 1 N–H and O–H groups in total. The van der Waals surface area contributed by atoms with Gasteiger partial charge in [0.15, 0.2) is 5.69 Å². The van der Waals surface area contributed by atoms with Crippen LogP contribution in [0.3, 0.4) is 0 Å². The maximum Gasteiger partial charge on any atom is 0.272 e. The summed E-state index contributed by atoms with van der Waals surface area (Å²) in [5, 5.41) is 7.31. The Labute approximate surface area is 182 Å². The van der Waals surface area contributed by atoms with E-state index >= 15 is 0 Å². The van der Waals surface area contributed by atoms with Gasteiger partial charge in [0.2, 0.25) is 0 Å². The van der Waals surface area contributed by atoms with Gasteiger partial charge in [-0.25, -0.2) is 4.39 Å². The molecule has 3 heterocycles. The van der Waals surface area contributed by atoms with Crippen LogP contribution in [-0.4, -0.2) is 64.1 Å². The maximum absolute atomic E-state index is 13.2. The number of nitrogens with one attached hydrogen (secondary N) is 1. The van der Waals surface area contributed by atoms with E-state index in [1.54, 1.807) is 27.8 Å². The second-order valence-corrected chi connectivity index (χ2v) is 8.36. The van der Waals surface area contributed by atoms with Crippen molar-refractivity contribution in [2.75, 3.05) is 32.7 Å². The molecule has 2 amide bonds. The molecule has 7 nitrogen and oxygen atoms in total. The van der Waals surface area contributed by atoms with Crippen LogP contribution in [0.2, 0.25) is 0 Å². The molecule has 2 aliphatic rings. The molecule has 2 aliphatic heterocycles. The van der Waals surface area contributed by atoms with Crippen LogP contribution >= 0.6 is 0 Å². The van der Waals surface area contributed by atoms with Crippen molar-refractivity contribution in [3.8, 4) is 0 Å². The zero-order valence-corrected chi connectivity index (χ0v) is 17.9. The Bertz CT molecular complexity index is 905. The average Bonchev–Trinajstić information content (AvgIpc) is 3.16. The Morgan fingerprint density at radius 1 is 1.03 bits per heavy atom. The quantitative estimate of drug-likeness (QED) is 0.690. The summed E-state index contributed by atoms with van der Waals surface area (Å²) in [5.41, 5.74) is 1.58. The van der Waals surface area contributed by atoms with E-state index in [2.05, 4.69) is 15.3 Å². The van der Waals surface area contributed by atoms with Gasteiger partial charge >= 0.3 is 0 Å². The van der Waals surface area contributed by atoms with Crippen LogP contribution in [0.5, 0.6) is 0 Å². The van der Waals surface area contributed by atoms with Crippen LogP contribution in [-0.2, 0) is 13.1 Å². The first-order valence-corrected chi connectivity index (χ1v) is 11.2. The van der Waals surface area contributed by atoms with Crippen LogP contribution in [0.1, 0.15) is 58.6 Å². The fourth-order valence-electron chi connectivity index (χ4n) is 4.28. The fourth-order valence-corrected chi connectivity index (χ4v) is 4.28. The number of fused-ring (bicyclic) bond motifs is 1. The summed E-state index contributed by atoms with van der Waals surface area (Å²) in [4.78, 5) is 29.8. The van der Waals surface area contributed by atoms with Crippen molar-refractivity contribution in [1.82, 2.24) is 24.9 Å². The third-order valence-corrected chi connectivity index (χ3v) is 5.99. The zero-order valence-electron chi connectivity index (χ0n) is 17.9. The molecule has 0 saturated carbocycles. The predicted octanol–water partition coefficient (Wildman–Crippen LogP) is 2.67. The monoisotopic (exact) mass is 427 g/mol. The number of aromatic nitrogens is 2. The minimum atomic E-state index is -0.296. The van der Waals surface area contributed by atoms with Gasteiger partial charge in [0.05, 0.1) is 0 Å². The zero-order chi connectivity index (χ0) is 21.6. The second-order valence-electron chi connectivity index (χ2n) is 8.36. The average molecular weight is 428 g/mol. The van der Waals surface area contributed by atoms with Gasteiger partial charge in [0.25, 0.3) is 11.8 Å². The summed E-state index contributed by atoms with van der Waals surface area (Å²) < 4.78 is 14.8. The van der Waals surface area contributed by atoms with Crippen molar-refractivity contribution in [2.24, 2.45) is 0 Å². The number of likely N-dealkylation sites (tertiary alicyclic amines) is 1. The largest absolute Gasteiger partial charge is 0.351 e. The lowest BCUT2D eigenvalue weighted by atomic mass is 10.1. The lowest BCUT2D eigenvalue weighted by Crippen LogP contribution is -2.33. The number of amides is 2. The third kappa shape index (κ3) is 5.50. The van der Waals surface area contributed by atoms with Crippen molar-refractivity contribution in [2.45, 2.75) is 45.2 Å². The Hall–Kier alpha value is -2.74. The molecular formula is C23H30FN5O2. The minimum absolute atomic E-state index is 0.154. The minimum Gasteiger partial charge on any atom is -0.351 e. The van der Waals surface area contributed by atoms with E-state index in [1.807, 2.05) is 0 Å². The first kappa shape index (κ1) is 21.5. The van der Waals surface area contributed by atoms with Gasteiger partial charge in [-0.15, -0.1) is 0 Å². The molecule has 0 spiro atoms. The van der Waals surface area contributed by atoms with Crippen LogP contribution < -0.4 is 5.32 Å². The molecule has 1 aromatic heterocycles. The number of hydrogen-bond acceptors (Lipinski definition) is 4. The molecule has 8 heteroatoms. The summed E-state index contributed by atoms with van der Waals surface area (Å²) in [6, 6.07) is 7.76. The molecule has 2 aromatic rings. The molecule has 0 unspecified atom stereocenters. The Morgan fingerprint density at radius 3 is 2.58 bits per heavy atom. The second kappa shape index (κ2) is 10.0. The van der Waals surface area contributed by atoms with Gasteiger partial charge in [0.1, 0.15) is 11.5 Å². The van der Waals surface area contributed by atoms with E-state index in [0.717, 1.165) is 38.0 Å².